The molecule has 0 fully saturated rings. The van der Waals surface area contributed by atoms with E-state index < -0.39 is 0 Å². The number of nitrogens with zero attached hydrogens (tertiary/aromatic N) is 3. The lowest BCUT2D eigenvalue weighted by molar-refractivity contribution is 0.793. The van der Waals surface area contributed by atoms with Crippen LogP contribution in [0.5, 0.6) is 0 Å². The Hall–Kier alpha value is -2.01. The molecule has 98 valence electrons. The average Bonchev–Trinajstić information content (AvgIpc) is 2.46. The van der Waals surface area contributed by atoms with Crippen LogP contribution in [0.25, 0.3) is 0 Å². The van der Waals surface area contributed by atoms with Crippen LogP contribution < -0.4 is 10.6 Å². The van der Waals surface area contributed by atoms with E-state index in [-0.39, 0.29) is 0 Å². The van der Waals surface area contributed by atoms with Crippen molar-refractivity contribution in [3.63, 3.8) is 0 Å². The molecule has 5 heteroatoms. The van der Waals surface area contributed by atoms with Gasteiger partial charge < -0.3 is 10.6 Å². The fourth-order valence-electron chi connectivity index (χ4n) is 1.86. The normalized spacial score (nSPS) is 10.2. The highest BCUT2D eigenvalue weighted by molar-refractivity contribution is 7.80. The van der Waals surface area contributed by atoms with Crippen molar-refractivity contribution in [2.45, 2.75) is 13.5 Å². The Morgan fingerprint density at radius 1 is 1.21 bits per heavy atom. The molecule has 2 heterocycles. The van der Waals surface area contributed by atoms with Crippen LogP contribution in [0, 0.1) is 0 Å². The SMILES string of the molecule is CCN(Cc1ccccn1)c1ncccc1C(N)=S. The zero-order valence-electron chi connectivity index (χ0n) is 10.8. The summed E-state index contributed by atoms with van der Waals surface area (Å²) in [5.74, 6) is 0.808. The second-order valence-electron chi connectivity index (χ2n) is 4.07. The first-order valence-corrected chi connectivity index (χ1v) is 6.53. The molecule has 0 unspecified atom stereocenters. The summed E-state index contributed by atoms with van der Waals surface area (Å²) in [5.41, 5.74) is 7.54. The van der Waals surface area contributed by atoms with Crippen molar-refractivity contribution >= 4 is 23.0 Å². The maximum Gasteiger partial charge on any atom is 0.139 e. The van der Waals surface area contributed by atoms with Crippen molar-refractivity contribution in [1.29, 1.82) is 0 Å². The summed E-state index contributed by atoms with van der Waals surface area (Å²) in [4.78, 5) is 11.2. The highest BCUT2D eigenvalue weighted by Gasteiger charge is 2.13. The van der Waals surface area contributed by atoms with Crippen molar-refractivity contribution in [3.8, 4) is 0 Å². The van der Waals surface area contributed by atoms with Gasteiger partial charge in [0.15, 0.2) is 0 Å². The highest BCUT2D eigenvalue weighted by Crippen LogP contribution is 2.18. The first-order chi connectivity index (χ1) is 9.22. The summed E-state index contributed by atoms with van der Waals surface area (Å²) < 4.78 is 0. The van der Waals surface area contributed by atoms with Crippen LogP contribution in [0.15, 0.2) is 42.7 Å². The number of thiocarbonyl (C=S) groups is 1. The van der Waals surface area contributed by atoms with Crippen molar-refractivity contribution in [1.82, 2.24) is 9.97 Å². The standard InChI is InChI=1S/C14H16N4S/c1-2-18(10-11-6-3-4-8-16-11)14-12(13(15)19)7-5-9-17-14/h3-9H,2,10H2,1H3,(H2,15,19). The van der Waals surface area contributed by atoms with Crippen molar-refractivity contribution in [2.24, 2.45) is 5.73 Å². The largest absolute Gasteiger partial charge is 0.389 e. The molecule has 2 rings (SSSR count). The molecular weight excluding hydrogens is 256 g/mol. The van der Waals surface area contributed by atoms with E-state index in [1.165, 1.54) is 0 Å². The molecule has 4 nitrogen and oxygen atoms in total. The smallest absolute Gasteiger partial charge is 0.139 e. The van der Waals surface area contributed by atoms with Gasteiger partial charge in [-0.2, -0.15) is 0 Å². The average molecular weight is 272 g/mol. The molecule has 2 aromatic rings. The van der Waals surface area contributed by atoms with E-state index in [9.17, 15) is 0 Å². The zero-order chi connectivity index (χ0) is 13.7. The fraction of sp³-hybridized carbons (Fsp3) is 0.214. The van der Waals surface area contributed by atoms with Gasteiger partial charge in [0.05, 0.1) is 17.8 Å². The Balaban J connectivity index is 2.30. The Morgan fingerprint density at radius 3 is 2.63 bits per heavy atom. The predicted molar refractivity (Wildman–Crippen MR) is 81.1 cm³/mol. The molecule has 0 aliphatic rings. The van der Waals surface area contributed by atoms with Crippen LogP contribution in [0.1, 0.15) is 18.2 Å². The lowest BCUT2D eigenvalue weighted by Gasteiger charge is -2.23. The van der Waals surface area contributed by atoms with Gasteiger partial charge in [0.25, 0.3) is 0 Å². The van der Waals surface area contributed by atoms with E-state index in [1.54, 1.807) is 12.4 Å². The van der Waals surface area contributed by atoms with E-state index in [0.29, 0.717) is 11.5 Å². The maximum atomic E-state index is 5.75. The third kappa shape index (κ3) is 3.26. The number of nitrogens with two attached hydrogens (primary N) is 1. The molecule has 2 aromatic heterocycles. The fourth-order valence-corrected chi connectivity index (χ4v) is 2.02. The van der Waals surface area contributed by atoms with E-state index in [1.807, 2.05) is 30.3 Å². The molecule has 0 aromatic carbocycles. The van der Waals surface area contributed by atoms with Gasteiger partial charge in [-0.05, 0) is 31.2 Å². The third-order valence-electron chi connectivity index (χ3n) is 2.81. The molecule has 0 aliphatic heterocycles. The van der Waals surface area contributed by atoms with Gasteiger partial charge in [0.2, 0.25) is 0 Å². The summed E-state index contributed by atoms with van der Waals surface area (Å²) >= 11 is 5.08. The monoisotopic (exact) mass is 272 g/mol. The number of hydrogen-bond acceptors (Lipinski definition) is 4. The van der Waals surface area contributed by atoms with E-state index in [0.717, 1.165) is 23.6 Å². The third-order valence-corrected chi connectivity index (χ3v) is 3.03. The van der Waals surface area contributed by atoms with Crippen LogP contribution >= 0.6 is 12.2 Å². The number of anilines is 1. The zero-order valence-corrected chi connectivity index (χ0v) is 11.6. The molecule has 0 saturated heterocycles. The van der Waals surface area contributed by atoms with Gasteiger partial charge in [-0.25, -0.2) is 4.98 Å². The predicted octanol–water partition coefficient (Wildman–Crippen LogP) is 2.14. The molecular formula is C14H16N4S. The lowest BCUT2D eigenvalue weighted by atomic mass is 10.2. The van der Waals surface area contributed by atoms with Crippen molar-refractivity contribution in [3.05, 3.63) is 54.0 Å². The first kappa shape index (κ1) is 13.4. The van der Waals surface area contributed by atoms with Crippen LogP contribution in [-0.2, 0) is 6.54 Å². The van der Waals surface area contributed by atoms with E-state index >= 15 is 0 Å². The number of aromatic nitrogens is 2. The Labute approximate surface area is 118 Å². The highest BCUT2D eigenvalue weighted by atomic mass is 32.1. The molecule has 0 saturated carbocycles. The Kier molecular flexibility index (Phi) is 4.41. The molecule has 0 amide bonds. The molecule has 0 radical (unpaired) electrons. The maximum absolute atomic E-state index is 5.75. The summed E-state index contributed by atoms with van der Waals surface area (Å²) in [6, 6.07) is 9.61. The van der Waals surface area contributed by atoms with Gasteiger partial charge in [-0.1, -0.05) is 18.3 Å². The quantitative estimate of drug-likeness (QED) is 0.845. The van der Waals surface area contributed by atoms with Crippen LogP contribution in [0.3, 0.4) is 0 Å². The summed E-state index contributed by atoms with van der Waals surface area (Å²) in [6.45, 7) is 3.56. The van der Waals surface area contributed by atoms with Gasteiger partial charge in [-0.3, -0.25) is 4.98 Å². The molecule has 0 bridgehead atoms. The van der Waals surface area contributed by atoms with Gasteiger partial charge in [0, 0.05) is 18.9 Å². The molecule has 0 spiro atoms. The van der Waals surface area contributed by atoms with E-state index in [4.69, 9.17) is 18.0 Å². The van der Waals surface area contributed by atoms with Gasteiger partial charge in [0.1, 0.15) is 10.8 Å². The van der Waals surface area contributed by atoms with Crippen molar-refractivity contribution in [2.75, 3.05) is 11.4 Å². The topological polar surface area (TPSA) is 55.0 Å². The molecule has 0 atom stereocenters. The minimum atomic E-state index is 0.363. The lowest BCUT2D eigenvalue weighted by Crippen LogP contribution is -2.27. The minimum Gasteiger partial charge on any atom is -0.389 e. The summed E-state index contributed by atoms with van der Waals surface area (Å²) in [5, 5.41) is 0. The second kappa shape index (κ2) is 6.24. The Bertz CT molecular complexity index is 556. The van der Waals surface area contributed by atoms with Crippen LogP contribution in [-0.4, -0.2) is 21.5 Å². The molecule has 19 heavy (non-hydrogen) atoms. The summed E-state index contributed by atoms with van der Waals surface area (Å²) in [6.07, 6.45) is 3.54. The summed E-state index contributed by atoms with van der Waals surface area (Å²) in [7, 11) is 0. The second-order valence-corrected chi connectivity index (χ2v) is 4.51. The molecule has 0 aliphatic carbocycles. The number of pyridine rings is 2. The van der Waals surface area contributed by atoms with Crippen LogP contribution in [0.4, 0.5) is 5.82 Å². The van der Waals surface area contributed by atoms with Crippen molar-refractivity contribution < 1.29 is 0 Å². The molecule has 2 N–H and O–H groups in total. The number of hydrogen-bond donors (Lipinski definition) is 1. The van der Waals surface area contributed by atoms with Gasteiger partial charge in [-0.15, -0.1) is 0 Å². The Morgan fingerprint density at radius 2 is 2.00 bits per heavy atom. The minimum absolute atomic E-state index is 0.363. The van der Waals surface area contributed by atoms with E-state index in [2.05, 4.69) is 21.8 Å². The van der Waals surface area contributed by atoms with Crippen LogP contribution in [0.2, 0.25) is 0 Å². The first-order valence-electron chi connectivity index (χ1n) is 6.12. The number of rotatable bonds is 5. The van der Waals surface area contributed by atoms with Gasteiger partial charge >= 0.3 is 0 Å².